The van der Waals surface area contributed by atoms with Crippen LogP contribution in [0.4, 0.5) is 0 Å². The molecule has 1 aliphatic rings. The van der Waals surface area contributed by atoms with Crippen LogP contribution in [0.2, 0.25) is 0 Å². The van der Waals surface area contributed by atoms with Gasteiger partial charge >= 0.3 is 0 Å². The van der Waals surface area contributed by atoms with Gasteiger partial charge in [0.1, 0.15) is 12.7 Å². The van der Waals surface area contributed by atoms with Crippen molar-refractivity contribution in [2.45, 2.75) is 25.4 Å². The summed E-state index contributed by atoms with van der Waals surface area (Å²) >= 11 is 0. The van der Waals surface area contributed by atoms with Crippen LogP contribution in [-0.2, 0) is 4.74 Å². The fraction of sp³-hybridized carbons (Fsp3) is 0.778. The first-order valence-corrected chi connectivity index (χ1v) is 5.07. The number of likely N-dealkylation sites (N-methyl/N-ethyl adjacent to an activating group) is 1. The Morgan fingerprint density at radius 1 is 1.64 bits per heavy atom. The van der Waals surface area contributed by atoms with Crippen LogP contribution in [-0.4, -0.2) is 40.6 Å². The molecule has 2 rings (SSSR count). The molecule has 2 heterocycles. The van der Waals surface area contributed by atoms with Gasteiger partial charge in [-0.3, -0.25) is 0 Å². The lowest BCUT2D eigenvalue weighted by Crippen LogP contribution is -2.44. The van der Waals surface area contributed by atoms with Crippen molar-refractivity contribution in [1.82, 2.24) is 20.1 Å². The van der Waals surface area contributed by atoms with Gasteiger partial charge in [-0.15, -0.1) is 0 Å². The normalized spacial score (nSPS) is 27.8. The molecule has 78 valence electrons. The molecule has 5 nitrogen and oxygen atoms in total. The standard InChI is InChI=1S/C9H16N4O/c1-2-11-8-3-4-14-5-9(8)13-7-10-6-12-13/h6-9,11H,2-5H2,1H3. The summed E-state index contributed by atoms with van der Waals surface area (Å²) in [5.41, 5.74) is 0. The third-order valence-electron chi connectivity index (χ3n) is 2.57. The molecule has 0 saturated carbocycles. The molecule has 1 aromatic heterocycles. The van der Waals surface area contributed by atoms with E-state index in [2.05, 4.69) is 22.3 Å². The highest BCUT2D eigenvalue weighted by molar-refractivity contribution is 4.83. The molecule has 1 aliphatic heterocycles. The van der Waals surface area contributed by atoms with E-state index < -0.39 is 0 Å². The second-order valence-corrected chi connectivity index (χ2v) is 3.47. The Kier molecular flexibility index (Phi) is 3.10. The number of nitrogens with one attached hydrogen (secondary N) is 1. The summed E-state index contributed by atoms with van der Waals surface area (Å²) < 4.78 is 7.34. The van der Waals surface area contributed by atoms with Crippen molar-refractivity contribution in [2.24, 2.45) is 0 Å². The van der Waals surface area contributed by atoms with Crippen molar-refractivity contribution in [3.8, 4) is 0 Å². The first-order valence-electron chi connectivity index (χ1n) is 5.07. The average molecular weight is 196 g/mol. The summed E-state index contributed by atoms with van der Waals surface area (Å²) in [4.78, 5) is 3.96. The SMILES string of the molecule is CCNC1CCOCC1n1cncn1. The summed E-state index contributed by atoms with van der Waals surface area (Å²) in [6, 6.07) is 0.738. The van der Waals surface area contributed by atoms with E-state index in [9.17, 15) is 0 Å². The minimum Gasteiger partial charge on any atom is -0.379 e. The molecule has 0 spiro atoms. The van der Waals surface area contributed by atoms with Crippen molar-refractivity contribution in [3.63, 3.8) is 0 Å². The van der Waals surface area contributed by atoms with E-state index in [0.717, 1.165) is 26.2 Å². The van der Waals surface area contributed by atoms with Crippen LogP contribution in [0.5, 0.6) is 0 Å². The Balaban J connectivity index is 2.06. The van der Waals surface area contributed by atoms with Gasteiger partial charge in [-0.05, 0) is 13.0 Å². The van der Waals surface area contributed by atoms with Crippen molar-refractivity contribution in [3.05, 3.63) is 12.7 Å². The largest absolute Gasteiger partial charge is 0.379 e. The van der Waals surface area contributed by atoms with Crippen molar-refractivity contribution < 1.29 is 4.74 Å². The Morgan fingerprint density at radius 3 is 3.29 bits per heavy atom. The molecule has 0 aliphatic carbocycles. The summed E-state index contributed by atoms with van der Waals surface area (Å²) in [6.07, 6.45) is 4.36. The molecule has 1 N–H and O–H groups in total. The second-order valence-electron chi connectivity index (χ2n) is 3.47. The van der Waals surface area contributed by atoms with Gasteiger partial charge in [-0.2, -0.15) is 5.10 Å². The molecule has 0 amide bonds. The first kappa shape index (κ1) is 9.61. The Hall–Kier alpha value is -0.940. The van der Waals surface area contributed by atoms with Gasteiger partial charge in [0, 0.05) is 12.6 Å². The summed E-state index contributed by atoms with van der Waals surface area (Å²) in [7, 11) is 0. The highest BCUT2D eigenvalue weighted by Gasteiger charge is 2.26. The van der Waals surface area contributed by atoms with Crippen LogP contribution in [0.3, 0.4) is 0 Å². The molecule has 0 radical (unpaired) electrons. The minimum atomic E-state index is 0.284. The predicted molar refractivity (Wildman–Crippen MR) is 52.0 cm³/mol. The van der Waals surface area contributed by atoms with Crippen molar-refractivity contribution in [1.29, 1.82) is 0 Å². The highest BCUT2D eigenvalue weighted by atomic mass is 16.5. The number of hydrogen-bond donors (Lipinski definition) is 1. The topological polar surface area (TPSA) is 52.0 Å². The lowest BCUT2D eigenvalue weighted by Gasteiger charge is -2.31. The molecule has 0 aromatic carbocycles. The lowest BCUT2D eigenvalue weighted by molar-refractivity contribution is 0.0330. The molecule has 2 unspecified atom stereocenters. The molecule has 1 fully saturated rings. The molecule has 2 atom stereocenters. The molecule has 1 aromatic rings. The predicted octanol–water partition coefficient (Wildman–Crippen LogP) is 0.218. The molecular formula is C9H16N4O. The van der Waals surface area contributed by atoms with Gasteiger partial charge in [0.05, 0.1) is 12.6 Å². The summed E-state index contributed by atoms with van der Waals surface area (Å²) in [5.74, 6) is 0. The van der Waals surface area contributed by atoms with Crippen LogP contribution < -0.4 is 5.32 Å². The molecule has 1 saturated heterocycles. The van der Waals surface area contributed by atoms with Gasteiger partial charge in [-0.1, -0.05) is 6.92 Å². The number of ether oxygens (including phenoxy) is 1. The van der Waals surface area contributed by atoms with E-state index in [1.807, 2.05) is 4.68 Å². The summed E-state index contributed by atoms with van der Waals surface area (Å²) in [6.45, 7) is 4.66. The average Bonchev–Trinajstić information content (AvgIpc) is 2.72. The maximum absolute atomic E-state index is 5.45. The van der Waals surface area contributed by atoms with E-state index in [0.29, 0.717) is 6.04 Å². The van der Waals surface area contributed by atoms with Gasteiger partial charge in [-0.25, -0.2) is 9.67 Å². The van der Waals surface area contributed by atoms with Gasteiger partial charge < -0.3 is 10.1 Å². The zero-order valence-electron chi connectivity index (χ0n) is 8.39. The Morgan fingerprint density at radius 2 is 2.57 bits per heavy atom. The fourth-order valence-electron chi connectivity index (χ4n) is 1.87. The van der Waals surface area contributed by atoms with Crippen molar-refractivity contribution in [2.75, 3.05) is 19.8 Å². The van der Waals surface area contributed by atoms with Crippen LogP contribution in [0.15, 0.2) is 12.7 Å². The number of aromatic nitrogens is 3. The molecule has 14 heavy (non-hydrogen) atoms. The van der Waals surface area contributed by atoms with Gasteiger partial charge in [0.15, 0.2) is 0 Å². The second kappa shape index (κ2) is 4.52. The third kappa shape index (κ3) is 1.93. The fourth-order valence-corrected chi connectivity index (χ4v) is 1.87. The molecule has 5 heteroatoms. The van der Waals surface area contributed by atoms with Crippen LogP contribution in [0, 0.1) is 0 Å². The van der Waals surface area contributed by atoms with E-state index in [1.54, 1.807) is 12.7 Å². The van der Waals surface area contributed by atoms with Crippen LogP contribution in [0.25, 0.3) is 0 Å². The minimum absolute atomic E-state index is 0.284. The number of hydrogen-bond acceptors (Lipinski definition) is 4. The van der Waals surface area contributed by atoms with Crippen LogP contribution >= 0.6 is 0 Å². The smallest absolute Gasteiger partial charge is 0.137 e. The Labute approximate surface area is 83.5 Å². The molecule has 0 bridgehead atoms. The van der Waals surface area contributed by atoms with E-state index >= 15 is 0 Å². The first-order chi connectivity index (χ1) is 6.92. The van der Waals surface area contributed by atoms with Crippen molar-refractivity contribution >= 4 is 0 Å². The maximum Gasteiger partial charge on any atom is 0.137 e. The summed E-state index contributed by atoms with van der Waals surface area (Å²) in [5, 5.41) is 7.61. The lowest BCUT2D eigenvalue weighted by atomic mass is 10.0. The van der Waals surface area contributed by atoms with E-state index in [4.69, 9.17) is 4.74 Å². The highest BCUT2D eigenvalue weighted by Crippen LogP contribution is 2.18. The number of rotatable bonds is 3. The Bertz CT molecular complexity index is 260. The maximum atomic E-state index is 5.45. The zero-order chi connectivity index (χ0) is 9.80. The number of nitrogens with zero attached hydrogens (tertiary/aromatic N) is 3. The van der Waals surface area contributed by atoms with E-state index in [-0.39, 0.29) is 6.04 Å². The quantitative estimate of drug-likeness (QED) is 0.751. The monoisotopic (exact) mass is 196 g/mol. The third-order valence-corrected chi connectivity index (χ3v) is 2.57. The molecular weight excluding hydrogens is 180 g/mol. The van der Waals surface area contributed by atoms with E-state index in [1.165, 1.54) is 0 Å². The van der Waals surface area contributed by atoms with Gasteiger partial charge in [0.25, 0.3) is 0 Å². The van der Waals surface area contributed by atoms with Crippen LogP contribution in [0.1, 0.15) is 19.4 Å². The van der Waals surface area contributed by atoms with Gasteiger partial charge in [0.2, 0.25) is 0 Å². The zero-order valence-corrected chi connectivity index (χ0v) is 8.39.